The molecule has 0 radical (unpaired) electrons. The molecule has 21 heavy (non-hydrogen) atoms. The number of halogens is 1. The molecule has 2 aromatic rings. The van der Waals surface area contributed by atoms with Crippen molar-refractivity contribution in [3.05, 3.63) is 45.4 Å². The van der Waals surface area contributed by atoms with Gasteiger partial charge in [0.2, 0.25) is 0 Å². The summed E-state index contributed by atoms with van der Waals surface area (Å²) in [5.74, 6) is 0.782. The Balaban J connectivity index is 1.85. The van der Waals surface area contributed by atoms with E-state index < -0.39 is 0 Å². The molecule has 0 aliphatic heterocycles. The maximum absolute atomic E-state index is 6.12. The molecule has 1 aromatic heterocycles. The summed E-state index contributed by atoms with van der Waals surface area (Å²) in [5, 5.41) is 3.87. The van der Waals surface area contributed by atoms with Crippen LogP contribution >= 0.6 is 22.9 Å². The van der Waals surface area contributed by atoms with Gasteiger partial charge in [-0.25, -0.2) is 4.98 Å². The zero-order chi connectivity index (χ0) is 15.5. The lowest BCUT2D eigenvalue weighted by molar-refractivity contribution is 0.287. The van der Waals surface area contributed by atoms with E-state index in [1.165, 1.54) is 0 Å². The van der Waals surface area contributed by atoms with E-state index in [9.17, 15) is 0 Å². The van der Waals surface area contributed by atoms with E-state index in [1.807, 2.05) is 12.1 Å². The van der Waals surface area contributed by atoms with Crippen molar-refractivity contribution in [2.45, 2.75) is 38.6 Å². The maximum atomic E-state index is 6.12. The first-order chi connectivity index (χ1) is 9.84. The molecule has 2 rings (SSSR count). The van der Waals surface area contributed by atoms with E-state index in [2.05, 4.69) is 31.1 Å². The molecule has 0 saturated heterocycles. The van der Waals surface area contributed by atoms with Crippen LogP contribution in [0.2, 0.25) is 5.02 Å². The van der Waals surface area contributed by atoms with Crippen molar-refractivity contribution in [2.24, 2.45) is 5.73 Å². The Morgan fingerprint density at radius 2 is 1.95 bits per heavy atom. The number of nitrogens with zero attached hydrogens (tertiary/aromatic N) is 1. The van der Waals surface area contributed by atoms with Gasteiger partial charge in [0.15, 0.2) is 0 Å². The third-order valence-corrected chi connectivity index (χ3v) is 4.16. The highest BCUT2D eigenvalue weighted by atomic mass is 35.5. The Labute approximate surface area is 135 Å². The zero-order valence-corrected chi connectivity index (χ0v) is 14.2. The van der Waals surface area contributed by atoms with E-state index in [0.717, 1.165) is 22.9 Å². The molecular weight excluding hydrogens is 304 g/mol. The van der Waals surface area contributed by atoms with Gasteiger partial charge in [0.25, 0.3) is 0 Å². The van der Waals surface area contributed by atoms with Crippen molar-refractivity contribution in [3.8, 4) is 5.75 Å². The highest BCUT2D eigenvalue weighted by molar-refractivity contribution is 7.09. The van der Waals surface area contributed by atoms with Crippen LogP contribution in [-0.4, -0.2) is 17.6 Å². The second-order valence-corrected chi connectivity index (χ2v) is 7.48. The Bertz CT molecular complexity index is 575. The van der Waals surface area contributed by atoms with Crippen LogP contribution in [0.4, 0.5) is 0 Å². The Morgan fingerprint density at radius 3 is 2.52 bits per heavy atom. The number of ether oxygens (including phenoxy) is 1. The van der Waals surface area contributed by atoms with Gasteiger partial charge in [-0.15, -0.1) is 11.3 Å². The molecule has 3 nitrogen and oxygen atoms in total. The SMILES string of the molecule is CC(C)(C)c1csc(CC(N)COc2ccc(Cl)cc2)n1. The molecule has 1 heterocycles. The van der Waals surface area contributed by atoms with Crippen LogP contribution in [0.1, 0.15) is 31.5 Å². The predicted octanol–water partition coefficient (Wildman–Crippen LogP) is 4.04. The van der Waals surface area contributed by atoms with E-state index in [-0.39, 0.29) is 11.5 Å². The van der Waals surface area contributed by atoms with Gasteiger partial charge in [-0.3, -0.25) is 0 Å². The minimum absolute atomic E-state index is 0.0698. The molecule has 5 heteroatoms. The molecule has 0 aliphatic rings. The van der Waals surface area contributed by atoms with Crippen molar-refractivity contribution in [1.82, 2.24) is 4.98 Å². The summed E-state index contributed by atoms with van der Waals surface area (Å²) in [4.78, 5) is 4.65. The topological polar surface area (TPSA) is 48.1 Å². The molecule has 114 valence electrons. The number of hydrogen-bond donors (Lipinski definition) is 1. The van der Waals surface area contributed by atoms with Crippen LogP contribution in [-0.2, 0) is 11.8 Å². The highest BCUT2D eigenvalue weighted by Crippen LogP contribution is 2.24. The summed E-state index contributed by atoms with van der Waals surface area (Å²) in [6, 6.07) is 7.23. The number of thiazole rings is 1. The largest absolute Gasteiger partial charge is 0.492 e. The average molecular weight is 325 g/mol. The second-order valence-electron chi connectivity index (χ2n) is 6.11. The predicted molar refractivity (Wildman–Crippen MR) is 89.4 cm³/mol. The summed E-state index contributed by atoms with van der Waals surface area (Å²) in [7, 11) is 0. The molecule has 2 N–H and O–H groups in total. The van der Waals surface area contributed by atoms with E-state index in [1.54, 1.807) is 23.5 Å². The molecule has 0 amide bonds. The summed E-state index contributed by atoms with van der Waals surface area (Å²) in [6.45, 7) is 6.95. The molecule has 1 atom stereocenters. The van der Waals surface area contributed by atoms with Gasteiger partial charge >= 0.3 is 0 Å². The van der Waals surface area contributed by atoms with Crippen LogP contribution in [0.25, 0.3) is 0 Å². The first-order valence-corrected chi connectivity index (χ1v) is 8.19. The molecular formula is C16H21ClN2OS. The Kier molecular flexibility index (Phi) is 5.25. The lowest BCUT2D eigenvalue weighted by Gasteiger charge is -2.15. The van der Waals surface area contributed by atoms with Crippen LogP contribution in [0.5, 0.6) is 5.75 Å². The normalized spacial score (nSPS) is 13.2. The molecule has 0 saturated carbocycles. The number of rotatable bonds is 5. The highest BCUT2D eigenvalue weighted by Gasteiger charge is 2.18. The van der Waals surface area contributed by atoms with Crippen molar-refractivity contribution < 1.29 is 4.74 Å². The van der Waals surface area contributed by atoms with Gasteiger partial charge in [-0.2, -0.15) is 0 Å². The molecule has 0 fully saturated rings. The van der Waals surface area contributed by atoms with Gasteiger partial charge in [-0.1, -0.05) is 32.4 Å². The smallest absolute Gasteiger partial charge is 0.119 e. The van der Waals surface area contributed by atoms with E-state index in [4.69, 9.17) is 22.1 Å². The minimum Gasteiger partial charge on any atom is -0.492 e. The lowest BCUT2D eigenvalue weighted by Crippen LogP contribution is -2.30. The Morgan fingerprint density at radius 1 is 1.29 bits per heavy atom. The Hall–Kier alpha value is -1.10. The van der Waals surface area contributed by atoms with Crippen molar-refractivity contribution in [1.29, 1.82) is 0 Å². The quantitative estimate of drug-likeness (QED) is 0.902. The average Bonchev–Trinajstić information content (AvgIpc) is 2.86. The molecule has 0 spiro atoms. The van der Waals surface area contributed by atoms with Gasteiger partial charge in [0, 0.05) is 28.3 Å². The number of benzene rings is 1. The monoisotopic (exact) mass is 324 g/mol. The van der Waals surface area contributed by atoms with E-state index >= 15 is 0 Å². The minimum atomic E-state index is -0.0698. The first kappa shape index (κ1) is 16.3. The van der Waals surface area contributed by atoms with Crippen LogP contribution in [0.3, 0.4) is 0 Å². The van der Waals surface area contributed by atoms with Crippen LogP contribution < -0.4 is 10.5 Å². The van der Waals surface area contributed by atoms with E-state index in [0.29, 0.717) is 11.6 Å². The van der Waals surface area contributed by atoms with Gasteiger partial charge in [-0.05, 0) is 24.3 Å². The number of aromatic nitrogens is 1. The number of nitrogens with two attached hydrogens (primary N) is 1. The summed E-state index contributed by atoms with van der Waals surface area (Å²) < 4.78 is 5.66. The fraction of sp³-hybridized carbons (Fsp3) is 0.438. The fourth-order valence-electron chi connectivity index (χ4n) is 1.77. The van der Waals surface area contributed by atoms with Crippen LogP contribution in [0.15, 0.2) is 29.6 Å². The van der Waals surface area contributed by atoms with Crippen LogP contribution in [0, 0.1) is 0 Å². The zero-order valence-electron chi connectivity index (χ0n) is 12.6. The molecule has 0 aliphatic carbocycles. The fourth-order valence-corrected chi connectivity index (χ4v) is 3.01. The van der Waals surface area contributed by atoms with Crippen molar-refractivity contribution in [2.75, 3.05) is 6.61 Å². The summed E-state index contributed by atoms with van der Waals surface area (Å²) in [6.07, 6.45) is 0.730. The maximum Gasteiger partial charge on any atom is 0.119 e. The van der Waals surface area contributed by atoms with Gasteiger partial charge in [0.05, 0.1) is 10.7 Å². The van der Waals surface area contributed by atoms with Gasteiger partial charge < -0.3 is 10.5 Å². The molecule has 1 aromatic carbocycles. The standard InChI is InChI=1S/C16H21ClN2OS/c1-16(2,3)14-10-21-15(19-14)8-12(18)9-20-13-6-4-11(17)5-7-13/h4-7,10,12H,8-9,18H2,1-3H3. The summed E-state index contributed by atoms with van der Waals surface area (Å²) in [5.41, 5.74) is 7.32. The second kappa shape index (κ2) is 6.77. The van der Waals surface area contributed by atoms with Crippen molar-refractivity contribution >= 4 is 22.9 Å². The lowest BCUT2D eigenvalue weighted by atomic mass is 9.93. The first-order valence-electron chi connectivity index (χ1n) is 6.93. The van der Waals surface area contributed by atoms with Crippen molar-refractivity contribution in [3.63, 3.8) is 0 Å². The third kappa shape index (κ3) is 4.99. The third-order valence-electron chi connectivity index (χ3n) is 3.03. The van der Waals surface area contributed by atoms with Gasteiger partial charge in [0.1, 0.15) is 12.4 Å². The molecule has 0 bridgehead atoms. The number of hydrogen-bond acceptors (Lipinski definition) is 4. The molecule has 1 unspecified atom stereocenters. The summed E-state index contributed by atoms with van der Waals surface area (Å²) >= 11 is 7.50.